The fourth-order valence-electron chi connectivity index (χ4n) is 2.71. The average Bonchev–Trinajstić information content (AvgIpc) is 2.76. The number of halogens is 1. The summed E-state index contributed by atoms with van der Waals surface area (Å²) in [5.74, 6) is 0.999. The number of fused-ring (bicyclic) bond motifs is 1. The van der Waals surface area contributed by atoms with Crippen LogP contribution in [0.3, 0.4) is 0 Å². The topological polar surface area (TPSA) is 35.6 Å². The van der Waals surface area contributed by atoms with Crippen molar-refractivity contribution < 1.29 is 0 Å². The zero-order valence-electron chi connectivity index (χ0n) is 11.1. The Kier molecular flexibility index (Phi) is 2.85. The van der Waals surface area contributed by atoms with Crippen molar-refractivity contribution in [3.8, 4) is 0 Å². The summed E-state index contributed by atoms with van der Waals surface area (Å²) in [5.41, 5.74) is 3.18. The van der Waals surface area contributed by atoms with Crippen LogP contribution in [-0.4, -0.2) is 19.3 Å². The predicted molar refractivity (Wildman–Crippen MR) is 73.1 cm³/mol. The van der Waals surface area contributed by atoms with Crippen molar-refractivity contribution in [2.24, 2.45) is 0 Å². The molecule has 0 amide bonds. The molecule has 2 heterocycles. The third-order valence-electron chi connectivity index (χ3n) is 3.87. The number of hydrogen-bond acceptors (Lipinski definition) is 2. The molecule has 1 aliphatic rings. The van der Waals surface area contributed by atoms with Crippen LogP contribution >= 0.6 is 11.6 Å². The zero-order chi connectivity index (χ0) is 12.9. The van der Waals surface area contributed by atoms with Gasteiger partial charge in [0.1, 0.15) is 11.3 Å². The maximum Gasteiger partial charge on any atom is 0.159 e. The number of rotatable bonds is 3. The van der Waals surface area contributed by atoms with E-state index in [4.69, 9.17) is 16.6 Å². The molecule has 1 unspecified atom stereocenters. The predicted octanol–water partition coefficient (Wildman–Crippen LogP) is 3.59. The number of aryl methyl sites for hydroxylation is 2. The molecule has 4 nitrogen and oxygen atoms in total. The van der Waals surface area contributed by atoms with E-state index in [-0.39, 0.29) is 5.38 Å². The van der Waals surface area contributed by atoms with Crippen LogP contribution in [0.4, 0.5) is 0 Å². The Morgan fingerprint density at radius 2 is 2.17 bits per heavy atom. The van der Waals surface area contributed by atoms with Gasteiger partial charge in [-0.2, -0.15) is 5.10 Å². The molecule has 2 aromatic rings. The lowest BCUT2D eigenvalue weighted by Gasteiger charge is -2.29. The van der Waals surface area contributed by atoms with Crippen LogP contribution in [0.1, 0.15) is 56.0 Å². The van der Waals surface area contributed by atoms with E-state index < -0.39 is 0 Å². The Morgan fingerprint density at radius 1 is 1.44 bits per heavy atom. The maximum atomic E-state index is 6.30. The molecular formula is C13H19ClN4. The summed E-state index contributed by atoms with van der Waals surface area (Å²) < 4.78 is 4.39. The van der Waals surface area contributed by atoms with Gasteiger partial charge in [0.2, 0.25) is 0 Å². The second kappa shape index (κ2) is 4.26. The first-order chi connectivity index (χ1) is 8.63. The number of aromatic nitrogens is 4. The standard InChI is InChI=1S/C13H19ClN4/c1-4-17-13-11(9(3)16-17)15-12(8(2)14)18(13)10-6-5-7-10/h8,10H,4-7H2,1-3H3. The van der Waals surface area contributed by atoms with Crippen molar-refractivity contribution in [1.82, 2.24) is 19.3 Å². The lowest BCUT2D eigenvalue weighted by atomic mass is 9.92. The van der Waals surface area contributed by atoms with E-state index in [0.717, 1.165) is 29.2 Å². The lowest BCUT2D eigenvalue weighted by molar-refractivity contribution is 0.309. The second-order valence-electron chi connectivity index (χ2n) is 5.11. The molecule has 1 saturated carbocycles. The summed E-state index contributed by atoms with van der Waals surface area (Å²) in [6.45, 7) is 7.01. The van der Waals surface area contributed by atoms with Crippen LogP contribution < -0.4 is 0 Å². The monoisotopic (exact) mass is 266 g/mol. The second-order valence-corrected chi connectivity index (χ2v) is 5.77. The first kappa shape index (κ1) is 12.0. The van der Waals surface area contributed by atoms with E-state index in [9.17, 15) is 0 Å². The lowest BCUT2D eigenvalue weighted by Crippen LogP contribution is -2.21. The maximum absolute atomic E-state index is 6.30. The van der Waals surface area contributed by atoms with E-state index in [0.29, 0.717) is 6.04 Å². The van der Waals surface area contributed by atoms with Crippen molar-refractivity contribution in [3.05, 3.63) is 11.5 Å². The van der Waals surface area contributed by atoms with Gasteiger partial charge < -0.3 is 4.57 Å². The van der Waals surface area contributed by atoms with Crippen LogP contribution in [0.15, 0.2) is 0 Å². The molecule has 18 heavy (non-hydrogen) atoms. The smallest absolute Gasteiger partial charge is 0.159 e. The molecule has 1 atom stereocenters. The molecule has 2 aromatic heterocycles. The summed E-state index contributed by atoms with van der Waals surface area (Å²) in [5, 5.41) is 4.51. The third kappa shape index (κ3) is 1.58. The number of nitrogens with zero attached hydrogens (tertiary/aromatic N) is 4. The highest BCUT2D eigenvalue weighted by atomic mass is 35.5. The van der Waals surface area contributed by atoms with E-state index in [1.165, 1.54) is 19.3 Å². The molecular weight excluding hydrogens is 248 g/mol. The summed E-state index contributed by atoms with van der Waals surface area (Å²) in [6.07, 6.45) is 3.77. The van der Waals surface area contributed by atoms with Gasteiger partial charge in [0.05, 0.1) is 11.1 Å². The van der Waals surface area contributed by atoms with Crippen LogP contribution in [0.5, 0.6) is 0 Å². The molecule has 98 valence electrons. The van der Waals surface area contributed by atoms with Crippen molar-refractivity contribution >= 4 is 22.8 Å². The van der Waals surface area contributed by atoms with Gasteiger partial charge in [-0.25, -0.2) is 9.67 Å². The van der Waals surface area contributed by atoms with E-state index in [2.05, 4.69) is 21.3 Å². The first-order valence-corrected chi connectivity index (χ1v) is 7.16. The molecule has 5 heteroatoms. The van der Waals surface area contributed by atoms with Crippen LogP contribution in [0.25, 0.3) is 11.2 Å². The molecule has 0 aromatic carbocycles. The summed E-state index contributed by atoms with van der Waals surface area (Å²) >= 11 is 6.30. The van der Waals surface area contributed by atoms with Gasteiger partial charge in [0, 0.05) is 12.6 Å². The van der Waals surface area contributed by atoms with Crippen LogP contribution in [-0.2, 0) is 6.54 Å². The van der Waals surface area contributed by atoms with Gasteiger partial charge >= 0.3 is 0 Å². The summed E-state index contributed by atoms with van der Waals surface area (Å²) in [7, 11) is 0. The van der Waals surface area contributed by atoms with Gasteiger partial charge in [-0.05, 0) is 40.0 Å². The fraction of sp³-hybridized carbons (Fsp3) is 0.692. The Bertz CT molecular complexity index is 577. The molecule has 1 aliphatic carbocycles. The average molecular weight is 267 g/mol. The largest absolute Gasteiger partial charge is 0.309 e. The molecule has 0 radical (unpaired) electrons. The van der Waals surface area contributed by atoms with E-state index >= 15 is 0 Å². The van der Waals surface area contributed by atoms with Crippen LogP contribution in [0, 0.1) is 6.92 Å². The zero-order valence-corrected chi connectivity index (χ0v) is 11.9. The van der Waals surface area contributed by atoms with Gasteiger partial charge in [-0.3, -0.25) is 0 Å². The van der Waals surface area contributed by atoms with Gasteiger partial charge in [0.15, 0.2) is 5.65 Å². The highest BCUT2D eigenvalue weighted by Gasteiger charge is 2.29. The minimum absolute atomic E-state index is 0.0530. The van der Waals surface area contributed by atoms with Crippen molar-refractivity contribution in [2.75, 3.05) is 0 Å². The summed E-state index contributed by atoms with van der Waals surface area (Å²) in [4.78, 5) is 4.73. The molecule has 3 rings (SSSR count). The minimum atomic E-state index is -0.0530. The summed E-state index contributed by atoms with van der Waals surface area (Å²) in [6, 6.07) is 0.563. The molecule has 0 aliphatic heterocycles. The van der Waals surface area contributed by atoms with E-state index in [1.54, 1.807) is 0 Å². The Labute approximate surface area is 112 Å². The molecule has 0 spiro atoms. The molecule has 1 fully saturated rings. The quantitative estimate of drug-likeness (QED) is 0.796. The normalized spacial score (nSPS) is 18.2. The van der Waals surface area contributed by atoms with Crippen molar-refractivity contribution in [1.29, 1.82) is 0 Å². The fourth-order valence-corrected chi connectivity index (χ4v) is 2.87. The minimum Gasteiger partial charge on any atom is -0.309 e. The van der Waals surface area contributed by atoms with Crippen LogP contribution in [0.2, 0.25) is 0 Å². The Hall–Kier alpha value is -1.03. The Morgan fingerprint density at radius 3 is 2.67 bits per heavy atom. The van der Waals surface area contributed by atoms with Gasteiger partial charge in [0.25, 0.3) is 0 Å². The Balaban J connectivity index is 2.28. The van der Waals surface area contributed by atoms with Gasteiger partial charge in [-0.1, -0.05) is 0 Å². The van der Waals surface area contributed by atoms with Gasteiger partial charge in [-0.15, -0.1) is 11.6 Å². The SMILES string of the molecule is CCn1nc(C)c2nc(C(C)Cl)n(C3CCC3)c21. The number of alkyl halides is 1. The molecule has 0 N–H and O–H groups in total. The van der Waals surface area contributed by atoms with Crippen molar-refractivity contribution in [2.45, 2.75) is 58.0 Å². The van der Waals surface area contributed by atoms with Crippen molar-refractivity contribution in [3.63, 3.8) is 0 Å². The third-order valence-corrected chi connectivity index (χ3v) is 4.06. The highest BCUT2D eigenvalue weighted by molar-refractivity contribution is 6.20. The molecule has 0 saturated heterocycles. The molecule has 0 bridgehead atoms. The first-order valence-electron chi connectivity index (χ1n) is 6.72. The number of imidazole rings is 1. The van der Waals surface area contributed by atoms with E-state index in [1.807, 2.05) is 13.8 Å². The number of hydrogen-bond donors (Lipinski definition) is 0. The highest BCUT2D eigenvalue weighted by Crippen LogP contribution is 2.38.